The van der Waals surface area contributed by atoms with Gasteiger partial charge in [0.25, 0.3) is 0 Å². The van der Waals surface area contributed by atoms with Crippen LogP contribution in [0.5, 0.6) is 0 Å². The van der Waals surface area contributed by atoms with Crippen molar-refractivity contribution in [3.05, 3.63) is 29.3 Å². The zero-order valence-electron chi connectivity index (χ0n) is 10.00. The van der Waals surface area contributed by atoms with Gasteiger partial charge in [0.1, 0.15) is 6.29 Å². The molecule has 0 amide bonds. The lowest BCUT2D eigenvalue weighted by molar-refractivity contribution is -0.137. The summed E-state index contributed by atoms with van der Waals surface area (Å²) in [5, 5.41) is 0. The smallest absolute Gasteiger partial charge is 0.371 e. The van der Waals surface area contributed by atoms with Gasteiger partial charge in [-0.3, -0.25) is 0 Å². The number of hydrogen-bond donors (Lipinski definition) is 0. The maximum atomic E-state index is 12.7. The van der Waals surface area contributed by atoms with Crippen LogP contribution in [0.4, 0.5) is 18.9 Å². The Morgan fingerprint density at radius 3 is 2.72 bits per heavy atom. The summed E-state index contributed by atoms with van der Waals surface area (Å²) in [6.45, 7) is 3.30. The van der Waals surface area contributed by atoms with Gasteiger partial charge in [-0.25, -0.2) is 0 Å². The first-order valence-corrected chi connectivity index (χ1v) is 5.87. The van der Waals surface area contributed by atoms with Crippen molar-refractivity contribution in [1.29, 1.82) is 0 Å². The molecule has 0 aliphatic carbocycles. The van der Waals surface area contributed by atoms with Crippen LogP contribution in [-0.2, 0) is 11.0 Å². The van der Waals surface area contributed by atoms with E-state index < -0.39 is 11.7 Å². The fourth-order valence-corrected chi connectivity index (χ4v) is 2.43. The Balaban J connectivity index is 2.43. The molecule has 0 saturated heterocycles. The fourth-order valence-electron chi connectivity index (χ4n) is 2.43. The first-order valence-electron chi connectivity index (χ1n) is 5.87. The second-order valence-electron chi connectivity index (χ2n) is 4.41. The third-order valence-electron chi connectivity index (χ3n) is 3.34. The van der Waals surface area contributed by atoms with Crippen molar-refractivity contribution >= 4 is 12.0 Å². The van der Waals surface area contributed by atoms with Gasteiger partial charge >= 0.3 is 6.18 Å². The lowest BCUT2D eigenvalue weighted by atomic mass is 9.97. The summed E-state index contributed by atoms with van der Waals surface area (Å²) in [4.78, 5) is 12.6. The van der Waals surface area contributed by atoms with Crippen LogP contribution in [0.15, 0.2) is 18.2 Å². The van der Waals surface area contributed by atoms with Crippen molar-refractivity contribution in [2.75, 3.05) is 18.0 Å². The van der Waals surface area contributed by atoms with Crippen molar-refractivity contribution < 1.29 is 18.0 Å². The number of carbonyl (C=O) groups is 1. The molecule has 1 unspecified atom stereocenters. The Hall–Kier alpha value is -1.52. The first kappa shape index (κ1) is 12.9. The Morgan fingerprint density at radius 1 is 1.44 bits per heavy atom. The second kappa shape index (κ2) is 4.63. The zero-order chi connectivity index (χ0) is 13.3. The van der Waals surface area contributed by atoms with Crippen LogP contribution in [0, 0.1) is 0 Å². The molecule has 0 radical (unpaired) electrons. The third-order valence-corrected chi connectivity index (χ3v) is 3.34. The molecule has 0 spiro atoms. The van der Waals surface area contributed by atoms with Gasteiger partial charge in [0.2, 0.25) is 0 Å². The topological polar surface area (TPSA) is 20.3 Å². The van der Waals surface area contributed by atoms with Crippen LogP contribution in [0.1, 0.15) is 30.4 Å². The Kier molecular flexibility index (Phi) is 3.32. The molecule has 2 rings (SSSR count). The summed E-state index contributed by atoms with van der Waals surface area (Å²) in [5.41, 5.74) is 0.811. The van der Waals surface area contributed by atoms with Crippen LogP contribution < -0.4 is 4.90 Å². The molecular formula is C13H14F3NO. The Labute approximate surface area is 103 Å². The Bertz CT molecular complexity index is 456. The minimum absolute atomic E-state index is 0.125. The number of hydrogen-bond acceptors (Lipinski definition) is 2. The lowest BCUT2D eigenvalue weighted by Gasteiger charge is -2.17. The van der Waals surface area contributed by atoms with Crippen LogP contribution in [0.2, 0.25) is 0 Å². The van der Waals surface area contributed by atoms with E-state index >= 15 is 0 Å². The highest BCUT2D eigenvalue weighted by atomic mass is 19.4. The maximum Gasteiger partial charge on any atom is 0.416 e. The molecule has 1 aliphatic heterocycles. The quantitative estimate of drug-likeness (QED) is 0.775. The van der Waals surface area contributed by atoms with Gasteiger partial charge < -0.3 is 9.69 Å². The molecule has 1 aromatic rings. The molecule has 0 N–H and O–H groups in total. The van der Waals surface area contributed by atoms with E-state index in [1.807, 2.05) is 11.8 Å². The monoisotopic (exact) mass is 257 g/mol. The zero-order valence-corrected chi connectivity index (χ0v) is 10.00. The molecule has 0 saturated carbocycles. The number of halogens is 3. The molecule has 0 fully saturated rings. The van der Waals surface area contributed by atoms with E-state index in [0.717, 1.165) is 24.6 Å². The number of likely N-dealkylation sites (N-methyl/N-ethyl adjacent to an activating group) is 1. The molecule has 2 nitrogen and oxygen atoms in total. The molecule has 0 bridgehead atoms. The van der Waals surface area contributed by atoms with Crippen molar-refractivity contribution in [3.8, 4) is 0 Å². The first-order chi connectivity index (χ1) is 8.47. The second-order valence-corrected chi connectivity index (χ2v) is 4.41. The van der Waals surface area contributed by atoms with Crippen LogP contribution >= 0.6 is 0 Å². The highest BCUT2D eigenvalue weighted by Crippen LogP contribution is 2.41. The van der Waals surface area contributed by atoms with Gasteiger partial charge in [0.15, 0.2) is 0 Å². The number of rotatable bonds is 3. The molecule has 5 heteroatoms. The van der Waals surface area contributed by atoms with Gasteiger partial charge in [0.05, 0.1) is 5.56 Å². The molecule has 18 heavy (non-hydrogen) atoms. The highest BCUT2D eigenvalue weighted by Gasteiger charge is 2.34. The normalized spacial score (nSPS) is 18.9. The van der Waals surface area contributed by atoms with Crippen LogP contribution in [-0.4, -0.2) is 19.4 Å². The van der Waals surface area contributed by atoms with E-state index in [4.69, 9.17) is 0 Å². The predicted molar refractivity (Wildman–Crippen MR) is 62.8 cm³/mol. The van der Waals surface area contributed by atoms with Gasteiger partial charge in [-0.2, -0.15) is 13.2 Å². The van der Waals surface area contributed by atoms with E-state index in [1.165, 1.54) is 12.1 Å². The van der Waals surface area contributed by atoms with E-state index in [9.17, 15) is 18.0 Å². The van der Waals surface area contributed by atoms with Gasteiger partial charge in [-0.05, 0) is 30.7 Å². The lowest BCUT2D eigenvalue weighted by Crippen LogP contribution is -2.21. The van der Waals surface area contributed by atoms with Crippen molar-refractivity contribution in [3.63, 3.8) is 0 Å². The minimum atomic E-state index is -4.33. The van der Waals surface area contributed by atoms with Crippen LogP contribution in [0.3, 0.4) is 0 Å². The van der Waals surface area contributed by atoms with E-state index in [1.54, 1.807) is 0 Å². The van der Waals surface area contributed by atoms with Crippen molar-refractivity contribution in [2.45, 2.75) is 25.4 Å². The van der Waals surface area contributed by atoms with Crippen molar-refractivity contribution in [2.24, 2.45) is 0 Å². The molecule has 1 heterocycles. The minimum Gasteiger partial charge on any atom is -0.371 e. The van der Waals surface area contributed by atoms with Crippen LogP contribution in [0.25, 0.3) is 0 Å². The summed E-state index contributed by atoms with van der Waals surface area (Å²) in [6.07, 6.45) is -3.29. The fraction of sp³-hybridized carbons (Fsp3) is 0.462. The Morgan fingerprint density at radius 2 is 2.17 bits per heavy atom. The maximum absolute atomic E-state index is 12.7. The number of anilines is 1. The number of nitrogens with zero attached hydrogens (tertiary/aromatic N) is 1. The summed E-state index contributed by atoms with van der Waals surface area (Å²) in [5.74, 6) is -0.125. The number of carbonyl (C=O) groups excluding carboxylic acids is 1. The predicted octanol–water partition coefficient (Wildman–Crippen LogP) is 3.22. The van der Waals surface area contributed by atoms with E-state index in [-0.39, 0.29) is 12.3 Å². The summed E-state index contributed by atoms with van der Waals surface area (Å²) < 4.78 is 38.0. The summed E-state index contributed by atoms with van der Waals surface area (Å²) >= 11 is 0. The standard InChI is InChI=1S/C13H14F3NO/c1-2-17-8-9(5-6-18)11-7-10(13(14,15)16)3-4-12(11)17/h3-4,6-7,9H,2,5,8H2,1H3. The van der Waals surface area contributed by atoms with E-state index in [2.05, 4.69) is 0 Å². The number of benzene rings is 1. The average Bonchev–Trinajstić information content (AvgIpc) is 2.66. The van der Waals surface area contributed by atoms with Gasteiger partial charge in [-0.1, -0.05) is 0 Å². The molecule has 0 aromatic heterocycles. The molecule has 1 atom stereocenters. The third kappa shape index (κ3) is 2.21. The summed E-state index contributed by atoms with van der Waals surface area (Å²) in [7, 11) is 0. The SMILES string of the molecule is CCN1CC(CC=O)c2cc(C(F)(F)F)ccc21. The summed E-state index contributed by atoms with van der Waals surface area (Å²) in [6, 6.07) is 3.79. The highest BCUT2D eigenvalue weighted by molar-refractivity contribution is 5.64. The van der Waals surface area contributed by atoms with E-state index in [0.29, 0.717) is 12.1 Å². The molecule has 98 valence electrons. The molecule has 1 aromatic carbocycles. The molecular weight excluding hydrogens is 243 g/mol. The number of alkyl halides is 3. The van der Waals surface area contributed by atoms with Crippen molar-refractivity contribution in [1.82, 2.24) is 0 Å². The van der Waals surface area contributed by atoms with Gasteiger partial charge in [-0.15, -0.1) is 0 Å². The largest absolute Gasteiger partial charge is 0.416 e. The number of aldehydes is 1. The molecule has 1 aliphatic rings. The average molecular weight is 257 g/mol. The number of fused-ring (bicyclic) bond motifs is 1. The van der Waals surface area contributed by atoms with Gasteiger partial charge in [0, 0.05) is 31.1 Å².